The average molecular weight is 790 g/mol. The van der Waals surface area contributed by atoms with Gasteiger partial charge in [0.2, 0.25) is 6.98 Å². The first kappa shape index (κ1) is 35.7. The third kappa shape index (κ3) is 8.10. The summed E-state index contributed by atoms with van der Waals surface area (Å²) in [5, 5.41) is 15.9. The number of thiophene rings is 1. The predicted octanol–water partition coefficient (Wildman–Crippen LogP) is 9.15. The fourth-order valence-electron chi connectivity index (χ4n) is 5.79. The monoisotopic (exact) mass is 790 g/mol. The van der Waals surface area contributed by atoms with E-state index in [1.165, 1.54) is 21.7 Å². The van der Waals surface area contributed by atoms with Crippen LogP contribution < -0.4 is 10.4 Å². The molecule has 1 aliphatic rings. The van der Waals surface area contributed by atoms with Gasteiger partial charge in [-0.3, -0.25) is 4.79 Å². The van der Waals surface area contributed by atoms with E-state index in [2.05, 4.69) is 79.0 Å². The summed E-state index contributed by atoms with van der Waals surface area (Å²) < 4.78 is 2.41. The van der Waals surface area contributed by atoms with E-state index in [4.69, 9.17) is 5.23 Å². The fourth-order valence-corrected chi connectivity index (χ4v) is 7.02. The maximum atomic E-state index is 11.7. The minimum atomic E-state index is -0.106. The van der Waals surface area contributed by atoms with E-state index in [9.17, 15) is 9.90 Å². The van der Waals surface area contributed by atoms with E-state index >= 15 is 0 Å². The molecule has 0 fully saturated rings. The van der Waals surface area contributed by atoms with Gasteiger partial charge in [-0.25, -0.2) is 9.97 Å². The zero-order valence-corrected chi connectivity index (χ0v) is 30.6. The van der Waals surface area contributed by atoms with Crippen molar-refractivity contribution in [3.8, 4) is 0 Å². The van der Waals surface area contributed by atoms with Crippen LogP contribution in [0.2, 0.25) is 0 Å². The molecule has 9 heteroatoms. The standard InChI is InChI=1S/C22H22BN4S.C13H24O2.Ir/c1-22(2,3)12-14-9-10-15-18(11-14)28-20-19(15)24-13-25-21(20)23-26-16-7-5-6-8-17(16)27(23)4;1-5-10(6-2)12(14)9-13(15)11(7-3)8-4;/h5-11,13H,12H2,1-4H3;9-11,14H,5-8H2,1-4H3;/q-1;;/b;12-9-;. The Morgan fingerprint density at radius 2 is 1.68 bits per heavy atom. The molecule has 0 bridgehead atoms. The van der Waals surface area contributed by atoms with E-state index < -0.39 is 0 Å². The molecule has 0 spiro atoms. The molecular formula is C35H46BIrN4O2S-. The fraction of sp³-hybridized carbons (Fsp3) is 0.457. The Balaban J connectivity index is 0.000000286. The molecule has 0 aliphatic carbocycles. The molecule has 4 aromatic rings. The van der Waals surface area contributed by atoms with E-state index in [0.717, 1.165) is 59.3 Å². The molecule has 44 heavy (non-hydrogen) atoms. The van der Waals surface area contributed by atoms with E-state index in [-0.39, 0.29) is 55.9 Å². The van der Waals surface area contributed by atoms with Gasteiger partial charge in [-0.1, -0.05) is 78.8 Å². The number of hydrogen-bond acceptors (Lipinski definition) is 6. The van der Waals surface area contributed by atoms with Gasteiger partial charge in [-0.15, -0.1) is 17.0 Å². The van der Waals surface area contributed by atoms with Gasteiger partial charge >= 0.3 is 0 Å². The van der Waals surface area contributed by atoms with E-state index in [1.807, 2.05) is 33.8 Å². The number of para-hydroxylation sites is 1. The molecule has 3 heterocycles. The number of aliphatic hydroxyl groups excluding tert-OH is 1. The number of carbonyl (C=O) groups is 1. The van der Waals surface area contributed by atoms with Crippen molar-refractivity contribution < 1.29 is 30.0 Å². The van der Waals surface area contributed by atoms with Gasteiger partial charge < -0.3 is 15.1 Å². The first-order valence-corrected chi connectivity index (χ1v) is 16.5. The van der Waals surface area contributed by atoms with Gasteiger partial charge in [0.15, 0.2) is 5.78 Å². The van der Waals surface area contributed by atoms with Gasteiger partial charge in [0, 0.05) is 59.4 Å². The van der Waals surface area contributed by atoms with Crippen molar-refractivity contribution in [1.29, 1.82) is 0 Å². The summed E-state index contributed by atoms with van der Waals surface area (Å²) >= 11 is 1.78. The molecule has 0 unspecified atom stereocenters. The number of rotatable bonds is 9. The molecule has 0 saturated carbocycles. The van der Waals surface area contributed by atoms with Crippen LogP contribution in [0.25, 0.3) is 25.5 Å². The van der Waals surface area contributed by atoms with Gasteiger partial charge in [-0.05, 0) is 62.3 Å². The molecule has 0 amide bonds. The van der Waals surface area contributed by atoms with Crippen LogP contribution in [0, 0.1) is 17.3 Å². The number of ketones is 1. The number of benzene rings is 2. The molecule has 6 nitrogen and oxygen atoms in total. The Bertz CT molecular complexity index is 1590. The van der Waals surface area contributed by atoms with Crippen LogP contribution in [0.5, 0.6) is 0 Å². The minimum absolute atomic E-state index is 0. The van der Waals surface area contributed by atoms with Crippen molar-refractivity contribution >= 4 is 61.4 Å². The van der Waals surface area contributed by atoms with E-state index in [0.29, 0.717) is 0 Å². The van der Waals surface area contributed by atoms with Crippen molar-refractivity contribution in [3.05, 3.63) is 71.4 Å². The second kappa shape index (κ2) is 15.5. The Hall–Kier alpha value is -2.74. The number of anilines is 1. The molecule has 1 radical (unpaired) electrons. The zero-order chi connectivity index (χ0) is 31.3. The summed E-state index contributed by atoms with van der Waals surface area (Å²) in [4.78, 5) is 23.2. The van der Waals surface area contributed by atoms with Crippen LogP contribution in [-0.2, 0) is 31.3 Å². The number of fused-ring (bicyclic) bond motifs is 4. The Labute approximate surface area is 281 Å². The van der Waals surface area contributed by atoms with Crippen LogP contribution in [-0.4, -0.2) is 34.9 Å². The van der Waals surface area contributed by atoms with Crippen LogP contribution in [0.4, 0.5) is 11.4 Å². The molecule has 2 aromatic carbocycles. The van der Waals surface area contributed by atoms with Crippen LogP contribution >= 0.6 is 11.3 Å². The van der Waals surface area contributed by atoms with Crippen molar-refractivity contribution in [1.82, 2.24) is 9.97 Å². The molecule has 0 atom stereocenters. The molecule has 0 saturated heterocycles. The summed E-state index contributed by atoms with van der Waals surface area (Å²) in [7, 11) is 2.09. The zero-order valence-electron chi connectivity index (χ0n) is 27.3. The number of carbonyl (C=O) groups excluding carboxylic acids is 1. The summed E-state index contributed by atoms with van der Waals surface area (Å²) in [5.41, 5.74) is 5.83. The van der Waals surface area contributed by atoms with E-state index in [1.54, 1.807) is 17.7 Å². The molecule has 1 N–H and O–H groups in total. The quantitative estimate of drug-likeness (QED) is 0.104. The van der Waals surface area contributed by atoms with Crippen molar-refractivity contribution in [2.45, 2.75) is 80.6 Å². The van der Waals surface area contributed by atoms with Gasteiger partial charge in [-0.2, -0.15) is 0 Å². The number of nitrogens with zero attached hydrogens (tertiary/aromatic N) is 4. The van der Waals surface area contributed by atoms with Gasteiger partial charge in [0.25, 0.3) is 0 Å². The number of allylic oxidation sites excluding steroid dienone is 2. The van der Waals surface area contributed by atoms with Crippen LogP contribution in [0.15, 0.2) is 60.6 Å². The van der Waals surface area contributed by atoms with Crippen LogP contribution in [0.3, 0.4) is 0 Å². The first-order chi connectivity index (χ1) is 20.5. The average Bonchev–Trinajstić information content (AvgIpc) is 3.51. The second-order valence-electron chi connectivity index (χ2n) is 12.7. The Morgan fingerprint density at radius 3 is 2.30 bits per heavy atom. The smallest absolute Gasteiger partial charge is 0.208 e. The number of aromatic nitrogens is 2. The predicted molar refractivity (Wildman–Crippen MR) is 185 cm³/mol. The Morgan fingerprint density at radius 1 is 1.02 bits per heavy atom. The second-order valence-corrected chi connectivity index (χ2v) is 13.8. The van der Waals surface area contributed by atoms with Crippen molar-refractivity contribution in [2.75, 3.05) is 11.9 Å². The summed E-state index contributed by atoms with van der Waals surface area (Å²) in [6.07, 6.45) is 7.65. The Kier molecular flexibility index (Phi) is 12.6. The molecule has 237 valence electrons. The third-order valence-electron chi connectivity index (χ3n) is 8.30. The summed E-state index contributed by atoms with van der Waals surface area (Å²) in [5.74, 6) is 0.547. The molecule has 5 rings (SSSR count). The summed E-state index contributed by atoms with van der Waals surface area (Å²) in [6, 6.07) is 15.0. The molecular weight excluding hydrogens is 744 g/mol. The largest absolute Gasteiger partial charge is 0.682 e. The number of aliphatic hydroxyl groups is 1. The maximum absolute atomic E-state index is 11.7. The van der Waals surface area contributed by atoms with Gasteiger partial charge in [0.1, 0.15) is 6.33 Å². The van der Waals surface area contributed by atoms with Crippen molar-refractivity contribution in [2.24, 2.45) is 17.3 Å². The van der Waals surface area contributed by atoms with Gasteiger partial charge in [0.05, 0.1) is 16.0 Å². The summed E-state index contributed by atoms with van der Waals surface area (Å²) in [6.45, 7) is 14.8. The minimum Gasteiger partial charge on any atom is -0.682 e. The topological polar surface area (TPSA) is 80.4 Å². The first-order valence-electron chi connectivity index (χ1n) is 15.6. The number of hydrogen-bond donors (Lipinski definition) is 1. The van der Waals surface area contributed by atoms with Crippen LogP contribution in [0.1, 0.15) is 79.7 Å². The molecule has 1 aliphatic heterocycles. The third-order valence-corrected chi connectivity index (χ3v) is 9.46. The molecule has 2 aromatic heterocycles. The normalized spacial score (nSPS) is 13.2. The maximum Gasteiger partial charge on any atom is 0.208 e. The SMILES string of the molecule is CCC(CC)C(=O)/C=C(\O)C(CC)CC.CN1B(c2ncnc3c2sc2cc(CC(C)(C)C)ccc23)[N-]c2ccccc21.[Ir]. The van der Waals surface area contributed by atoms with Crippen molar-refractivity contribution in [3.63, 3.8) is 0 Å².